The molecule has 1 aromatic carbocycles. The van der Waals surface area contributed by atoms with Crippen LogP contribution in [0.2, 0.25) is 0 Å². The Kier molecular flexibility index (Phi) is 4.05. The Morgan fingerprint density at radius 2 is 2.00 bits per heavy atom. The van der Waals surface area contributed by atoms with Gasteiger partial charge in [-0.25, -0.2) is 9.97 Å². The van der Waals surface area contributed by atoms with Gasteiger partial charge in [0.25, 0.3) is 0 Å². The number of aliphatic carboxylic acids is 1. The zero-order valence-corrected chi connectivity index (χ0v) is 13.0. The van der Waals surface area contributed by atoms with Crippen LogP contribution >= 0.6 is 15.9 Å². The summed E-state index contributed by atoms with van der Waals surface area (Å²) in [6, 6.07) is 6.20. The number of rotatable bonds is 3. The van der Waals surface area contributed by atoms with Gasteiger partial charge in [0.2, 0.25) is 0 Å². The normalized spacial score (nSPS) is 22.1. The summed E-state index contributed by atoms with van der Waals surface area (Å²) in [5.41, 5.74) is 0.890. The van der Waals surface area contributed by atoms with Crippen LogP contribution in [-0.4, -0.2) is 27.1 Å². The van der Waals surface area contributed by atoms with Crippen LogP contribution < -0.4 is 5.32 Å². The molecule has 2 aromatic rings. The summed E-state index contributed by atoms with van der Waals surface area (Å²) >= 11 is 3.44. The highest BCUT2D eigenvalue weighted by Gasteiger charge is 2.26. The van der Waals surface area contributed by atoms with Gasteiger partial charge in [-0.3, -0.25) is 4.79 Å². The fourth-order valence-corrected chi connectivity index (χ4v) is 3.17. The van der Waals surface area contributed by atoms with E-state index in [9.17, 15) is 4.79 Å². The third kappa shape index (κ3) is 3.15. The molecule has 0 unspecified atom stereocenters. The lowest BCUT2D eigenvalue weighted by Gasteiger charge is -2.27. The first-order valence-corrected chi connectivity index (χ1v) is 7.82. The van der Waals surface area contributed by atoms with Crippen LogP contribution in [0.5, 0.6) is 0 Å². The highest BCUT2D eigenvalue weighted by Crippen LogP contribution is 2.29. The van der Waals surface area contributed by atoms with E-state index in [1.165, 1.54) is 0 Å². The number of nitrogens with zero attached hydrogens (tertiary/aromatic N) is 2. The minimum Gasteiger partial charge on any atom is -0.481 e. The molecule has 0 saturated heterocycles. The highest BCUT2D eigenvalue weighted by molar-refractivity contribution is 9.10. The second-order valence-corrected chi connectivity index (χ2v) is 6.33. The molecule has 1 fully saturated rings. The molecule has 0 amide bonds. The summed E-state index contributed by atoms with van der Waals surface area (Å²) in [6.07, 6.45) is 4.72. The number of nitrogens with one attached hydrogen (secondary N) is 1. The molecular formula is C15H16BrN3O2. The fraction of sp³-hybridized carbons (Fsp3) is 0.400. The second kappa shape index (κ2) is 5.97. The summed E-state index contributed by atoms with van der Waals surface area (Å²) in [6.45, 7) is 0. The Bertz CT molecular complexity index is 669. The Morgan fingerprint density at radius 1 is 1.24 bits per heavy atom. The molecule has 6 heteroatoms. The molecule has 0 bridgehead atoms. The van der Waals surface area contributed by atoms with Crippen molar-refractivity contribution >= 4 is 38.6 Å². The SMILES string of the molecule is O=C(O)C1CCC(Nc2ncnc3cc(Br)ccc23)CC1. The van der Waals surface area contributed by atoms with E-state index < -0.39 is 5.97 Å². The minimum absolute atomic E-state index is 0.193. The average Bonchev–Trinajstić information content (AvgIpc) is 2.47. The number of fused-ring (bicyclic) bond motifs is 1. The van der Waals surface area contributed by atoms with Crippen LogP contribution in [0.1, 0.15) is 25.7 Å². The van der Waals surface area contributed by atoms with Crippen LogP contribution in [0.4, 0.5) is 5.82 Å². The third-order valence-electron chi connectivity index (χ3n) is 4.02. The molecule has 0 radical (unpaired) electrons. The summed E-state index contributed by atoms with van der Waals surface area (Å²) in [5.74, 6) is -0.0433. The van der Waals surface area contributed by atoms with Gasteiger partial charge in [0.1, 0.15) is 12.1 Å². The zero-order chi connectivity index (χ0) is 14.8. The zero-order valence-electron chi connectivity index (χ0n) is 11.4. The Morgan fingerprint density at radius 3 is 2.71 bits per heavy atom. The van der Waals surface area contributed by atoms with E-state index in [4.69, 9.17) is 5.11 Å². The molecule has 0 spiro atoms. The third-order valence-corrected chi connectivity index (χ3v) is 4.51. The summed E-state index contributed by atoms with van der Waals surface area (Å²) in [5, 5.41) is 13.5. The molecule has 1 aromatic heterocycles. The Labute approximate surface area is 130 Å². The van der Waals surface area contributed by atoms with E-state index >= 15 is 0 Å². The van der Waals surface area contributed by atoms with Crippen molar-refractivity contribution in [3.8, 4) is 0 Å². The molecular weight excluding hydrogens is 334 g/mol. The maximum atomic E-state index is 11.0. The van der Waals surface area contributed by atoms with Gasteiger partial charge in [-0.15, -0.1) is 0 Å². The van der Waals surface area contributed by atoms with Crippen molar-refractivity contribution in [2.24, 2.45) is 5.92 Å². The first-order valence-electron chi connectivity index (χ1n) is 7.03. The standard InChI is InChI=1S/C15H16BrN3O2/c16-10-3-6-12-13(7-10)17-8-18-14(12)19-11-4-1-9(2-5-11)15(20)21/h3,6-9,11H,1-2,4-5H2,(H,20,21)(H,17,18,19). The van der Waals surface area contributed by atoms with Crippen LogP contribution in [0.3, 0.4) is 0 Å². The number of halogens is 1. The number of carboxylic acid groups (broad SMARTS) is 1. The van der Waals surface area contributed by atoms with Crippen molar-refractivity contribution in [1.82, 2.24) is 9.97 Å². The molecule has 110 valence electrons. The molecule has 0 atom stereocenters. The van der Waals surface area contributed by atoms with Crippen molar-refractivity contribution in [2.45, 2.75) is 31.7 Å². The molecule has 5 nitrogen and oxygen atoms in total. The number of hydrogen-bond donors (Lipinski definition) is 2. The summed E-state index contributed by atoms with van der Waals surface area (Å²) < 4.78 is 0.988. The molecule has 1 aliphatic rings. The minimum atomic E-state index is -0.675. The molecule has 1 heterocycles. The van der Waals surface area contributed by atoms with Gasteiger partial charge in [-0.1, -0.05) is 15.9 Å². The molecule has 21 heavy (non-hydrogen) atoms. The predicted octanol–water partition coefficient (Wildman–Crippen LogP) is 3.45. The van der Waals surface area contributed by atoms with Crippen molar-refractivity contribution < 1.29 is 9.90 Å². The molecule has 1 saturated carbocycles. The first-order chi connectivity index (χ1) is 10.1. The molecule has 1 aliphatic carbocycles. The second-order valence-electron chi connectivity index (χ2n) is 5.41. The van der Waals surface area contributed by atoms with Gasteiger partial charge >= 0.3 is 5.97 Å². The topological polar surface area (TPSA) is 75.1 Å². The summed E-state index contributed by atoms with van der Waals surface area (Å²) in [7, 11) is 0. The lowest BCUT2D eigenvalue weighted by Crippen LogP contribution is -2.29. The monoisotopic (exact) mass is 349 g/mol. The van der Waals surface area contributed by atoms with Crippen LogP contribution in [0.25, 0.3) is 10.9 Å². The largest absolute Gasteiger partial charge is 0.481 e. The van der Waals surface area contributed by atoms with E-state index in [-0.39, 0.29) is 12.0 Å². The number of carbonyl (C=O) groups is 1. The van der Waals surface area contributed by atoms with E-state index in [1.54, 1.807) is 6.33 Å². The lowest BCUT2D eigenvalue weighted by atomic mass is 9.86. The highest BCUT2D eigenvalue weighted by atomic mass is 79.9. The fourth-order valence-electron chi connectivity index (χ4n) is 2.82. The van der Waals surface area contributed by atoms with Gasteiger partial charge < -0.3 is 10.4 Å². The Hall–Kier alpha value is -1.69. The van der Waals surface area contributed by atoms with Gasteiger partial charge in [0.15, 0.2) is 0 Å². The number of benzene rings is 1. The molecule has 3 rings (SSSR count). The van der Waals surface area contributed by atoms with Crippen LogP contribution in [0, 0.1) is 5.92 Å². The average molecular weight is 350 g/mol. The lowest BCUT2D eigenvalue weighted by molar-refractivity contribution is -0.142. The van der Waals surface area contributed by atoms with Gasteiger partial charge in [-0.2, -0.15) is 0 Å². The maximum Gasteiger partial charge on any atom is 0.306 e. The Balaban J connectivity index is 1.75. The maximum absolute atomic E-state index is 11.0. The van der Waals surface area contributed by atoms with E-state index in [0.29, 0.717) is 0 Å². The van der Waals surface area contributed by atoms with Crippen molar-refractivity contribution in [1.29, 1.82) is 0 Å². The molecule has 0 aliphatic heterocycles. The van der Waals surface area contributed by atoms with E-state index in [2.05, 4.69) is 31.2 Å². The number of anilines is 1. The predicted molar refractivity (Wildman–Crippen MR) is 84.2 cm³/mol. The number of hydrogen-bond acceptors (Lipinski definition) is 4. The molecule has 2 N–H and O–H groups in total. The van der Waals surface area contributed by atoms with E-state index in [1.807, 2.05) is 18.2 Å². The van der Waals surface area contributed by atoms with Gasteiger partial charge in [-0.05, 0) is 43.9 Å². The van der Waals surface area contributed by atoms with Gasteiger partial charge in [0, 0.05) is 15.9 Å². The number of carboxylic acids is 1. The van der Waals surface area contributed by atoms with Crippen molar-refractivity contribution in [3.63, 3.8) is 0 Å². The van der Waals surface area contributed by atoms with Crippen molar-refractivity contribution in [2.75, 3.05) is 5.32 Å². The van der Waals surface area contributed by atoms with E-state index in [0.717, 1.165) is 46.9 Å². The summed E-state index contributed by atoms with van der Waals surface area (Å²) in [4.78, 5) is 19.6. The number of aromatic nitrogens is 2. The first kappa shape index (κ1) is 14.3. The van der Waals surface area contributed by atoms with Gasteiger partial charge in [0.05, 0.1) is 11.4 Å². The van der Waals surface area contributed by atoms with Crippen LogP contribution in [-0.2, 0) is 4.79 Å². The quantitative estimate of drug-likeness (QED) is 0.887. The van der Waals surface area contributed by atoms with Crippen molar-refractivity contribution in [3.05, 3.63) is 29.0 Å². The smallest absolute Gasteiger partial charge is 0.306 e. The van der Waals surface area contributed by atoms with Crippen LogP contribution in [0.15, 0.2) is 29.0 Å².